The van der Waals surface area contributed by atoms with E-state index < -0.39 is 6.85 Å². The smallest absolute Gasteiger partial charge is 0.121 e. The first-order valence-corrected chi connectivity index (χ1v) is 29.0. The summed E-state index contributed by atoms with van der Waals surface area (Å²) in [5.41, 5.74) is 21.2. The van der Waals surface area contributed by atoms with Crippen molar-refractivity contribution in [3.63, 3.8) is 0 Å². The molecular formula is C77H73IrN3O-2. The summed E-state index contributed by atoms with van der Waals surface area (Å²) in [6.07, 6.45) is 4.34. The van der Waals surface area contributed by atoms with Crippen molar-refractivity contribution in [2.45, 2.75) is 136 Å². The second-order valence-electron chi connectivity index (χ2n) is 26.4. The maximum absolute atomic E-state index is 8.57. The van der Waals surface area contributed by atoms with Crippen LogP contribution in [0.5, 0.6) is 0 Å². The predicted molar refractivity (Wildman–Crippen MR) is 341 cm³/mol. The van der Waals surface area contributed by atoms with Crippen molar-refractivity contribution in [3.05, 3.63) is 221 Å². The van der Waals surface area contributed by atoms with E-state index in [4.69, 9.17) is 18.5 Å². The molecule has 2 aliphatic rings. The van der Waals surface area contributed by atoms with Gasteiger partial charge in [-0.25, -0.2) is 0 Å². The summed E-state index contributed by atoms with van der Waals surface area (Å²) >= 11 is 0. The third-order valence-electron chi connectivity index (χ3n) is 17.9. The topological polar surface area (TPSA) is 43.9 Å². The van der Waals surface area contributed by atoms with Gasteiger partial charge in [0.15, 0.2) is 0 Å². The number of furan rings is 1. The molecule has 0 spiro atoms. The first-order valence-electron chi connectivity index (χ1n) is 30.5. The molecule has 0 amide bonds. The third-order valence-corrected chi connectivity index (χ3v) is 17.9. The zero-order valence-corrected chi connectivity index (χ0v) is 51.7. The first-order chi connectivity index (χ1) is 39.9. The quantitative estimate of drug-likeness (QED) is 0.118. The van der Waals surface area contributed by atoms with Gasteiger partial charge in [-0.3, -0.25) is 4.98 Å². The van der Waals surface area contributed by atoms with Gasteiger partial charge >= 0.3 is 0 Å². The minimum Gasteiger partial charge on any atom is -0.501 e. The second-order valence-corrected chi connectivity index (χ2v) is 26.4. The van der Waals surface area contributed by atoms with Gasteiger partial charge in [0.05, 0.1) is 22.4 Å². The molecule has 0 fully saturated rings. The molecule has 12 aromatic rings. The molecule has 82 heavy (non-hydrogen) atoms. The van der Waals surface area contributed by atoms with Crippen molar-refractivity contribution in [1.29, 1.82) is 0 Å². The minimum absolute atomic E-state index is 0. The van der Waals surface area contributed by atoms with Crippen LogP contribution in [0.1, 0.15) is 151 Å². The molecule has 3 aromatic heterocycles. The van der Waals surface area contributed by atoms with Crippen LogP contribution in [0.2, 0.25) is 0 Å². The number of aromatic nitrogens is 3. The molecule has 4 nitrogen and oxygen atoms in total. The molecule has 0 N–H and O–H groups in total. The van der Waals surface area contributed by atoms with Crippen molar-refractivity contribution >= 4 is 54.5 Å². The number of rotatable bonds is 7. The number of hydrogen-bond acceptors (Lipinski definition) is 3. The van der Waals surface area contributed by atoms with Gasteiger partial charge in [-0.15, -0.1) is 53.6 Å². The Morgan fingerprint density at radius 2 is 1.23 bits per heavy atom. The number of nitrogens with zero attached hydrogens (tertiary/aromatic N) is 3. The molecule has 413 valence electrons. The van der Waals surface area contributed by atoms with Gasteiger partial charge in [0, 0.05) is 41.5 Å². The van der Waals surface area contributed by atoms with Crippen molar-refractivity contribution in [2.24, 2.45) is 0 Å². The van der Waals surface area contributed by atoms with Crippen molar-refractivity contribution < 1.29 is 28.6 Å². The molecule has 0 saturated carbocycles. The Morgan fingerprint density at radius 3 is 1.90 bits per heavy atom. The van der Waals surface area contributed by atoms with Gasteiger partial charge in [-0.05, 0) is 172 Å². The standard InChI is InChI=1S/C46H37N2O.C31H36N.Ir/c1-27(2)36-24-33(30-13-7-6-8-14-30)25-37(28(3)4)44(36)48-41-18-12-11-17-40(41)47-46(48)35-22-19-29(5)43-39-23-32-21-20-31-15-9-10-16-34(31)38(32)26-42(39)49-45(35)43;1-28(2)18-30(5,6)26-22(28)17-23-27(31(7,8)19-29(23,3)4)25(26)21-14-15-32-24(16-21)20-12-10-9-11-13-20;/h6-21,23-28H,1-5H3;9-12,14-17H,18-19H2,1-8H3;/q2*-1;/i5D3;;. The average molecular weight is 1250 g/mol. The summed E-state index contributed by atoms with van der Waals surface area (Å²) in [6.45, 7) is 26.0. The van der Waals surface area contributed by atoms with E-state index in [9.17, 15) is 0 Å². The maximum Gasteiger partial charge on any atom is 0.121 e. The van der Waals surface area contributed by atoms with Gasteiger partial charge in [0.25, 0.3) is 0 Å². The van der Waals surface area contributed by atoms with Crippen LogP contribution in [0, 0.1) is 19.0 Å². The summed E-state index contributed by atoms with van der Waals surface area (Å²) in [4.78, 5) is 10.0. The molecule has 0 atom stereocenters. The zero-order chi connectivity index (χ0) is 59.0. The van der Waals surface area contributed by atoms with E-state index in [-0.39, 0.29) is 59.2 Å². The summed E-state index contributed by atoms with van der Waals surface area (Å²) in [5, 5.41) is 5.67. The van der Waals surface area contributed by atoms with E-state index in [1.54, 1.807) is 28.3 Å². The molecular weight excluding hydrogens is 1180 g/mol. The van der Waals surface area contributed by atoms with Crippen LogP contribution in [0.4, 0.5) is 0 Å². The number of pyridine rings is 1. The molecule has 3 heterocycles. The van der Waals surface area contributed by atoms with Crippen LogP contribution < -0.4 is 0 Å². The van der Waals surface area contributed by atoms with Crippen LogP contribution in [0.25, 0.3) is 105 Å². The molecule has 0 saturated heterocycles. The molecule has 14 rings (SSSR count). The Balaban J connectivity index is 0.000000184. The summed E-state index contributed by atoms with van der Waals surface area (Å²) < 4.78 is 34.8. The number of hydrogen-bond donors (Lipinski definition) is 0. The molecule has 1 radical (unpaired) electrons. The summed E-state index contributed by atoms with van der Waals surface area (Å²) in [6, 6.07) is 63.6. The fourth-order valence-electron chi connectivity index (χ4n) is 14.8. The van der Waals surface area contributed by atoms with E-state index in [1.807, 2.05) is 54.7 Å². The van der Waals surface area contributed by atoms with Crippen molar-refractivity contribution in [2.75, 3.05) is 0 Å². The van der Waals surface area contributed by atoms with Gasteiger partial charge in [0.1, 0.15) is 5.58 Å². The number of aryl methyl sites for hydroxylation is 1. The Kier molecular flexibility index (Phi) is 12.7. The Bertz CT molecular complexity index is 4520. The van der Waals surface area contributed by atoms with Gasteiger partial charge in [0.2, 0.25) is 0 Å². The largest absolute Gasteiger partial charge is 0.501 e. The Hall–Kier alpha value is -7.43. The van der Waals surface area contributed by atoms with Gasteiger partial charge in [-0.1, -0.05) is 192 Å². The maximum atomic E-state index is 8.57. The van der Waals surface area contributed by atoms with Crippen LogP contribution in [-0.4, -0.2) is 14.5 Å². The number of imidazole rings is 1. The monoisotopic (exact) mass is 1250 g/mol. The first kappa shape index (κ1) is 51.5. The molecule has 0 aliphatic heterocycles. The Morgan fingerprint density at radius 1 is 0.585 bits per heavy atom. The molecule has 0 bridgehead atoms. The molecule has 2 aliphatic carbocycles. The molecule has 9 aromatic carbocycles. The fraction of sp³-hybridized carbons (Fsp3) is 0.273. The number of fused-ring (bicyclic) bond motifs is 9. The van der Waals surface area contributed by atoms with Crippen molar-refractivity contribution in [3.8, 4) is 50.6 Å². The molecule has 5 heteroatoms. The van der Waals surface area contributed by atoms with Crippen LogP contribution >= 0.6 is 0 Å². The van der Waals surface area contributed by atoms with Gasteiger partial charge < -0.3 is 14.0 Å². The third kappa shape index (κ3) is 9.06. The van der Waals surface area contributed by atoms with E-state index in [1.165, 1.54) is 46.2 Å². The second kappa shape index (κ2) is 20.2. The van der Waals surface area contributed by atoms with E-state index in [0.29, 0.717) is 27.9 Å². The van der Waals surface area contributed by atoms with E-state index in [0.717, 1.165) is 54.9 Å². The van der Waals surface area contributed by atoms with Crippen LogP contribution in [0.15, 0.2) is 174 Å². The minimum atomic E-state index is -2.38. The number of benzene rings is 9. The van der Waals surface area contributed by atoms with Crippen molar-refractivity contribution in [1.82, 2.24) is 14.5 Å². The summed E-state index contributed by atoms with van der Waals surface area (Å²) in [7, 11) is 0. The summed E-state index contributed by atoms with van der Waals surface area (Å²) in [5.74, 6) is 1.05. The number of para-hydroxylation sites is 2. The normalized spacial score (nSPS) is 16.2. The Labute approximate surface area is 502 Å². The zero-order valence-electron chi connectivity index (χ0n) is 52.3. The average Bonchev–Trinajstić information content (AvgIpc) is 2.06. The fourth-order valence-corrected chi connectivity index (χ4v) is 14.8. The van der Waals surface area contributed by atoms with E-state index in [2.05, 4.69) is 209 Å². The SMILES string of the molecule is CC1(C)CC(C)(C)c2c1cc1c(c2-c2ccnc(-c3[c-]cccc3)c2)C(C)(C)CC1(C)C.[2H]C([2H])([2H])c1c[c-]c(-c2nc3ccccc3n2-c2c(C(C)C)cc(-c3ccccc3)cc2C(C)C)c2oc3cc4c(ccc5ccccc54)cc3c12.[Ir]. The molecule has 0 unspecified atom stereocenters. The van der Waals surface area contributed by atoms with Crippen LogP contribution in [-0.2, 0) is 41.8 Å². The predicted octanol–water partition coefficient (Wildman–Crippen LogP) is 21.1. The van der Waals surface area contributed by atoms with Gasteiger partial charge in [-0.2, -0.15) is 0 Å². The van der Waals surface area contributed by atoms with E-state index >= 15 is 0 Å². The van der Waals surface area contributed by atoms with Crippen LogP contribution in [0.3, 0.4) is 0 Å².